The number of nitrogens with zero attached hydrogens (tertiary/aromatic N) is 2. The van der Waals surface area contributed by atoms with Crippen LogP contribution in [0, 0.1) is 11.2 Å². The molecule has 2 aliphatic rings. The van der Waals surface area contributed by atoms with Crippen molar-refractivity contribution in [2.45, 2.75) is 24.5 Å². The van der Waals surface area contributed by atoms with Crippen LogP contribution in [0.25, 0.3) is 0 Å². The first-order valence-corrected chi connectivity index (χ1v) is 5.06. The van der Waals surface area contributed by atoms with Gasteiger partial charge in [0.2, 0.25) is 0 Å². The van der Waals surface area contributed by atoms with E-state index in [-0.39, 0.29) is 25.0 Å². The van der Waals surface area contributed by atoms with Gasteiger partial charge in [0.05, 0.1) is 12.8 Å². The molecule has 1 fully saturated rings. The maximum atomic E-state index is 13.2. The number of hydrogen-bond acceptors (Lipinski definition) is 6. The van der Waals surface area contributed by atoms with Crippen LogP contribution in [0.15, 0.2) is 6.20 Å². The Balaban J connectivity index is 0.00000120. The fourth-order valence-electron chi connectivity index (χ4n) is 2.06. The Kier molecular flexibility index (Phi) is 3.28. The van der Waals surface area contributed by atoms with Crippen molar-refractivity contribution in [3.63, 3.8) is 0 Å². The molecule has 2 aliphatic heterocycles. The van der Waals surface area contributed by atoms with Gasteiger partial charge in [-0.3, -0.25) is 9.98 Å². The Morgan fingerprint density at radius 1 is 1.56 bits per heavy atom. The molecule has 0 aliphatic carbocycles. The van der Waals surface area contributed by atoms with Crippen LogP contribution >= 0.6 is 12.4 Å². The number of rotatable bonds is 1. The van der Waals surface area contributed by atoms with Gasteiger partial charge in [-0.15, -0.1) is 12.4 Å². The van der Waals surface area contributed by atoms with Crippen molar-refractivity contribution >= 4 is 12.4 Å². The van der Waals surface area contributed by atoms with Crippen molar-refractivity contribution in [3.8, 4) is 6.01 Å². The molecule has 0 spiro atoms. The number of fused-ring (bicyclic) bond motifs is 3. The molecule has 1 aromatic heterocycles. The van der Waals surface area contributed by atoms with Gasteiger partial charge in [0.1, 0.15) is 12.2 Å². The summed E-state index contributed by atoms with van der Waals surface area (Å²) in [5.74, 6) is -0.802. The van der Waals surface area contributed by atoms with E-state index in [1.54, 1.807) is 0 Å². The summed E-state index contributed by atoms with van der Waals surface area (Å²) in [6, 6.07) is 0.0295. The van der Waals surface area contributed by atoms with E-state index in [0.29, 0.717) is 0 Å². The highest BCUT2D eigenvalue weighted by Gasteiger charge is 2.51. The van der Waals surface area contributed by atoms with Gasteiger partial charge in [0.15, 0.2) is 23.6 Å². The summed E-state index contributed by atoms with van der Waals surface area (Å²) in [5.41, 5.74) is -0.524. The molecular formula is C9H11ClFN3O4. The van der Waals surface area contributed by atoms with Crippen molar-refractivity contribution in [2.75, 3.05) is 6.61 Å². The second kappa shape index (κ2) is 4.47. The van der Waals surface area contributed by atoms with Crippen molar-refractivity contribution in [2.24, 2.45) is 0 Å². The van der Waals surface area contributed by atoms with Gasteiger partial charge in [0, 0.05) is 0 Å². The van der Waals surface area contributed by atoms with E-state index in [4.69, 9.17) is 20.0 Å². The molecule has 3 N–H and O–H groups in total. The number of hydrogen-bond donors (Lipinski definition) is 3. The molecule has 7 nitrogen and oxygen atoms in total. The second-order valence-electron chi connectivity index (χ2n) is 3.95. The predicted molar refractivity (Wildman–Crippen MR) is 56.7 cm³/mol. The molecule has 0 bridgehead atoms. The smallest absolute Gasteiger partial charge is 0.301 e. The Hall–Kier alpha value is -1.22. The summed E-state index contributed by atoms with van der Waals surface area (Å²) in [5, 5.41) is 25.9. The van der Waals surface area contributed by atoms with Gasteiger partial charge in [-0.2, -0.15) is 4.98 Å². The minimum Gasteiger partial charge on any atom is -0.454 e. The molecule has 0 amide bonds. The number of nitrogens with one attached hydrogen (secondary N) is 1. The highest BCUT2D eigenvalue weighted by Crippen LogP contribution is 2.38. The number of ether oxygens (including phenoxy) is 2. The quantitative estimate of drug-likeness (QED) is 0.608. The first-order valence-electron chi connectivity index (χ1n) is 5.06. The van der Waals surface area contributed by atoms with Crippen LogP contribution in [0.1, 0.15) is 6.23 Å². The van der Waals surface area contributed by atoms with E-state index in [1.807, 2.05) is 0 Å². The molecule has 1 unspecified atom stereocenters. The lowest BCUT2D eigenvalue weighted by molar-refractivity contribution is -0.0437. The van der Waals surface area contributed by atoms with Gasteiger partial charge in [0.25, 0.3) is 0 Å². The van der Waals surface area contributed by atoms with Crippen LogP contribution in [-0.2, 0) is 4.74 Å². The maximum absolute atomic E-state index is 13.2. The molecule has 0 aromatic carbocycles. The maximum Gasteiger partial charge on any atom is 0.301 e. The Bertz CT molecular complexity index is 525. The van der Waals surface area contributed by atoms with E-state index in [1.165, 1.54) is 4.57 Å². The Labute approximate surface area is 107 Å². The third kappa shape index (κ3) is 1.69. The van der Waals surface area contributed by atoms with E-state index in [9.17, 15) is 9.50 Å². The Morgan fingerprint density at radius 2 is 2.28 bits per heavy atom. The monoisotopic (exact) mass is 279 g/mol. The average molecular weight is 280 g/mol. The van der Waals surface area contributed by atoms with E-state index < -0.39 is 35.8 Å². The Morgan fingerprint density at radius 3 is 2.94 bits per heavy atom. The van der Waals surface area contributed by atoms with Crippen LogP contribution in [0.2, 0.25) is 0 Å². The van der Waals surface area contributed by atoms with Gasteiger partial charge < -0.3 is 19.7 Å². The van der Waals surface area contributed by atoms with Crippen LogP contribution in [0.4, 0.5) is 4.39 Å². The third-order valence-electron chi connectivity index (χ3n) is 2.92. The number of aliphatic hydroxyl groups excluding tert-OH is 2. The summed E-state index contributed by atoms with van der Waals surface area (Å²) in [6.45, 7) is -0.347. The first kappa shape index (κ1) is 13.2. The average Bonchev–Trinajstić information content (AvgIpc) is 2.78. The molecular weight excluding hydrogens is 269 g/mol. The van der Waals surface area contributed by atoms with Crippen molar-refractivity contribution < 1.29 is 24.1 Å². The summed E-state index contributed by atoms with van der Waals surface area (Å²) >= 11 is 0. The molecule has 18 heavy (non-hydrogen) atoms. The lowest BCUT2D eigenvalue weighted by Gasteiger charge is -2.14. The van der Waals surface area contributed by atoms with E-state index >= 15 is 0 Å². The lowest BCUT2D eigenvalue weighted by Crippen LogP contribution is -2.34. The van der Waals surface area contributed by atoms with Crippen molar-refractivity contribution in [1.82, 2.24) is 9.55 Å². The minimum atomic E-state index is -1.01. The molecule has 0 radical (unpaired) electrons. The SMILES string of the molecule is Cl.N=c1nc2n(cc1F)[C@@H]1O[C@H](CO)[C@@H](O)C1O2. The molecule has 4 atom stereocenters. The number of aliphatic hydroxyl groups is 2. The van der Waals surface area contributed by atoms with Crippen LogP contribution in [0.5, 0.6) is 6.01 Å². The highest BCUT2D eigenvalue weighted by atomic mass is 35.5. The van der Waals surface area contributed by atoms with Crippen LogP contribution in [-0.4, -0.2) is 44.7 Å². The van der Waals surface area contributed by atoms with Gasteiger partial charge in [-0.1, -0.05) is 0 Å². The largest absolute Gasteiger partial charge is 0.454 e. The summed E-state index contributed by atoms with van der Waals surface area (Å²) < 4.78 is 25.1. The number of halogens is 2. The van der Waals surface area contributed by atoms with Crippen LogP contribution < -0.4 is 10.2 Å². The van der Waals surface area contributed by atoms with Gasteiger partial charge in [-0.05, 0) is 0 Å². The zero-order valence-corrected chi connectivity index (χ0v) is 9.80. The van der Waals surface area contributed by atoms with Crippen molar-refractivity contribution in [1.29, 1.82) is 5.41 Å². The fourth-order valence-corrected chi connectivity index (χ4v) is 2.06. The fraction of sp³-hybridized carbons (Fsp3) is 0.556. The van der Waals surface area contributed by atoms with Crippen molar-refractivity contribution in [3.05, 3.63) is 17.5 Å². The lowest BCUT2D eigenvalue weighted by atomic mass is 10.1. The van der Waals surface area contributed by atoms with E-state index in [0.717, 1.165) is 6.20 Å². The molecule has 3 heterocycles. The molecule has 100 valence electrons. The highest BCUT2D eigenvalue weighted by molar-refractivity contribution is 5.85. The molecule has 3 rings (SSSR count). The normalized spacial score (nSPS) is 32.4. The molecule has 1 saturated heterocycles. The zero-order chi connectivity index (χ0) is 12.2. The zero-order valence-electron chi connectivity index (χ0n) is 8.99. The number of aromatic nitrogens is 2. The minimum absolute atomic E-state index is 0. The molecule has 9 heteroatoms. The van der Waals surface area contributed by atoms with Gasteiger partial charge in [-0.25, -0.2) is 4.39 Å². The van der Waals surface area contributed by atoms with Gasteiger partial charge >= 0.3 is 6.01 Å². The second-order valence-corrected chi connectivity index (χ2v) is 3.95. The summed E-state index contributed by atoms with van der Waals surface area (Å²) in [7, 11) is 0. The standard InChI is InChI=1S/C9H10FN3O4.ClH/c10-3-1-13-8-6(5(15)4(2-14)16-8)17-9(13)12-7(3)11;/h1,4-6,8,11,14-15H,2H2;1H/t4-,5-,6?,8-;/m1./s1. The first-order chi connectivity index (χ1) is 8.11. The summed E-state index contributed by atoms with van der Waals surface area (Å²) in [6.07, 6.45) is -2.18. The molecule has 0 saturated carbocycles. The van der Waals surface area contributed by atoms with Crippen LogP contribution in [0.3, 0.4) is 0 Å². The summed E-state index contributed by atoms with van der Waals surface area (Å²) in [4.78, 5) is 3.60. The third-order valence-corrected chi connectivity index (χ3v) is 2.92. The molecule has 1 aromatic rings. The topological polar surface area (TPSA) is 101 Å². The predicted octanol–water partition coefficient (Wildman–Crippen LogP) is -1.06. The van der Waals surface area contributed by atoms with E-state index in [2.05, 4.69) is 4.98 Å².